The summed E-state index contributed by atoms with van der Waals surface area (Å²) in [5, 5.41) is 8.35. The SMILES string of the molecule is CCC[C@@H]1CCCCN1C(=O)c1cccc(-c2cccc(-n3ccc(C(=O)OC)c3C3CC3c3cn(C)nn3)c2)c1F. The first-order valence-electron chi connectivity index (χ1n) is 14.8. The molecule has 9 heteroatoms. The van der Waals surface area contributed by atoms with Gasteiger partial charge >= 0.3 is 5.97 Å². The van der Waals surface area contributed by atoms with Crippen molar-refractivity contribution in [2.45, 2.75) is 63.3 Å². The highest BCUT2D eigenvalue weighted by molar-refractivity contribution is 5.96. The first kappa shape index (κ1) is 27.9. The maximum absolute atomic E-state index is 16.1. The molecule has 3 atom stereocenters. The second kappa shape index (κ2) is 11.5. The maximum Gasteiger partial charge on any atom is 0.339 e. The Morgan fingerprint density at radius 1 is 1.07 bits per heavy atom. The van der Waals surface area contributed by atoms with Crippen molar-refractivity contribution >= 4 is 11.9 Å². The highest BCUT2D eigenvalue weighted by Gasteiger charge is 2.45. The van der Waals surface area contributed by atoms with E-state index < -0.39 is 11.8 Å². The minimum atomic E-state index is -0.506. The molecule has 0 spiro atoms. The molecule has 1 aliphatic heterocycles. The van der Waals surface area contributed by atoms with Gasteiger partial charge in [0.1, 0.15) is 5.82 Å². The number of ether oxygens (including phenoxy) is 1. The van der Waals surface area contributed by atoms with E-state index in [4.69, 9.17) is 4.74 Å². The van der Waals surface area contributed by atoms with Crippen molar-refractivity contribution in [2.75, 3.05) is 13.7 Å². The zero-order chi connectivity index (χ0) is 29.4. The zero-order valence-corrected chi connectivity index (χ0v) is 24.3. The smallest absolute Gasteiger partial charge is 0.339 e. The summed E-state index contributed by atoms with van der Waals surface area (Å²) in [6.07, 6.45) is 9.53. The van der Waals surface area contributed by atoms with Crippen LogP contribution >= 0.6 is 0 Å². The molecular formula is C33H36FN5O3. The Morgan fingerprint density at radius 3 is 2.67 bits per heavy atom. The number of carbonyl (C=O) groups is 2. The summed E-state index contributed by atoms with van der Waals surface area (Å²) in [5.74, 6) is -0.935. The lowest BCUT2D eigenvalue weighted by Crippen LogP contribution is -2.44. The van der Waals surface area contributed by atoms with Crippen molar-refractivity contribution in [3.05, 3.63) is 89.3 Å². The Morgan fingerprint density at radius 2 is 1.90 bits per heavy atom. The van der Waals surface area contributed by atoms with Crippen LogP contribution in [-0.2, 0) is 11.8 Å². The summed E-state index contributed by atoms with van der Waals surface area (Å²) < 4.78 is 24.8. The van der Waals surface area contributed by atoms with Crippen LogP contribution in [0.5, 0.6) is 0 Å². The monoisotopic (exact) mass is 569 g/mol. The van der Waals surface area contributed by atoms with E-state index in [9.17, 15) is 9.59 Å². The zero-order valence-electron chi connectivity index (χ0n) is 24.3. The van der Waals surface area contributed by atoms with Gasteiger partial charge in [-0.25, -0.2) is 9.18 Å². The van der Waals surface area contributed by atoms with Crippen molar-refractivity contribution in [1.82, 2.24) is 24.5 Å². The van der Waals surface area contributed by atoms with Gasteiger partial charge in [-0.2, -0.15) is 0 Å². The molecule has 1 saturated carbocycles. The number of rotatable bonds is 8. The van der Waals surface area contributed by atoms with Crippen molar-refractivity contribution in [3.8, 4) is 16.8 Å². The third-order valence-electron chi connectivity index (χ3n) is 8.65. The standard InChI is InChI=1S/C33H36FN5O3/c1-4-9-22-11-5-6-16-39(22)32(40)25-14-8-13-24(30(25)34)21-10-7-12-23(18-21)38-17-15-26(33(41)42-3)31(38)28-19-27(28)29-20-37(2)36-35-29/h7-8,10,12-15,17-18,20,22,27-28H,4-6,9,11,16,19H2,1-3H3/t22-,27?,28?/m1/s1. The number of piperidine rings is 1. The number of hydrogen-bond acceptors (Lipinski definition) is 5. The molecule has 2 aliphatic rings. The Balaban J connectivity index is 1.35. The minimum Gasteiger partial charge on any atom is -0.465 e. The van der Waals surface area contributed by atoms with Crippen molar-refractivity contribution in [1.29, 1.82) is 0 Å². The third-order valence-corrected chi connectivity index (χ3v) is 8.65. The maximum atomic E-state index is 16.1. The fourth-order valence-corrected chi connectivity index (χ4v) is 6.49. The molecule has 1 saturated heterocycles. The van der Waals surface area contributed by atoms with E-state index >= 15 is 4.39 Å². The van der Waals surface area contributed by atoms with Gasteiger partial charge in [-0.15, -0.1) is 5.10 Å². The number of carbonyl (C=O) groups excluding carboxylic acids is 2. The van der Waals surface area contributed by atoms with Gasteiger partial charge in [-0.1, -0.05) is 42.8 Å². The predicted octanol–water partition coefficient (Wildman–Crippen LogP) is 6.26. The average molecular weight is 570 g/mol. The highest BCUT2D eigenvalue weighted by Crippen LogP contribution is 2.55. The molecule has 2 unspecified atom stereocenters. The molecule has 0 radical (unpaired) electrons. The number of halogens is 1. The molecule has 218 valence electrons. The molecule has 2 aromatic carbocycles. The van der Waals surface area contributed by atoms with Crippen LogP contribution < -0.4 is 0 Å². The minimum absolute atomic E-state index is 0.0627. The Kier molecular flexibility index (Phi) is 7.66. The van der Waals surface area contributed by atoms with Gasteiger partial charge in [-0.05, 0) is 61.9 Å². The van der Waals surface area contributed by atoms with Crippen LogP contribution in [0.2, 0.25) is 0 Å². The fraction of sp³-hybridized carbons (Fsp3) is 0.394. The fourth-order valence-electron chi connectivity index (χ4n) is 6.49. The van der Waals surface area contributed by atoms with Crippen molar-refractivity contribution in [2.24, 2.45) is 7.05 Å². The highest BCUT2D eigenvalue weighted by atomic mass is 19.1. The average Bonchev–Trinajstić information content (AvgIpc) is 3.46. The number of amides is 1. The van der Waals surface area contributed by atoms with Gasteiger partial charge in [0.2, 0.25) is 0 Å². The summed E-state index contributed by atoms with van der Waals surface area (Å²) in [4.78, 5) is 28.2. The molecule has 1 amide bonds. The number of nitrogens with zero attached hydrogens (tertiary/aromatic N) is 5. The lowest BCUT2D eigenvalue weighted by atomic mass is 9.96. The number of aromatic nitrogens is 4. The van der Waals surface area contributed by atoms with E-state index in [0.29, 0.717) is 23.2 Å². The van der Waals surface area contributed by atoms with Crippen LogP contribution in [-0.4, -0.2) is 56.0 Å². The molecular weight excluding hydrogens is 533 g/mol. The predicted molar refractivity (Wildman–Crippen MR) is 157 cm³/mol. The van der Waals surface area contributed by atoms with Gasteiger partial charge in [0.15, 0.2) is 0 Å². The normalized spacial score (nSPS) is 20.0. The summed E-state index contributed by atoms with van der Waals surface area (Å²) in [6, 6.07) is 14.5. The third kappa shape index (κ3) is 5.12. The number of methoxy groups -OCH3 is 1. The van der Waals surface area contributed by atoms with Crippen LogP contribution in [0.4, 0.5) is 4.39 Å². The molecule has 0 bridgehead atoms. The van der Waals surface area contributed by atoms with Gasteiger partial charge < -0.3 is 14.2 Å². The van der Waals surface area contributed by atoms with E-state index in [0.717, 1.165) is 55.6 Å². The largest absolute Gasteiger partial charge is 0.465 e. The molecule has 2 aromatic heterocycles. The van der Waals surface area contributed by atoms with Gasteiger partial charge in [0.25, 0.3) is 5.91 Å². The molecule has 3 heterocycles. The Hall–Kier alpha value is -4.27. The van der Waals surface area contributed by atoms with Crippen LogP contribution in [0.15, 0.2) is 60.9 Å². The number of aryl methyl sites for hydroxylation is 1. The quantitative estimate of drug-likeness (QED) is 0.234. The van der Waals surface area contributed by atoms with E-state index in [1.54, 1.807) is 28.9 Å². The first-order chi connectivity index (χ1) is 20.4. The number of benzene rings is 2. The van der Waals surface area contributed by atoms with E-state index in [1.165, 1.54) is 7.11 Å². The Labute approximate surface area is 245 Å². The number of likely N-dealkylation sites (tertiary alicyclic amines) is 1. The number of hydrogen-bond donors (Lipinski definition) is 0. The van der Waals surface area contributed by atoms with E-state index in [2.05, 4.69) is 17.2 Å². The molecule has 1 aliphatic carbocycles. The molecule has 2 fully saturated rings. The Bertz CT molecular complexity index is 1620. The molecule has 6 rings (SSSR count). The summed E-state index contributed by atoms with van der Waals surface area (Å²) in [6.45, 7) is 2.78. The topological polar surface area (TPSA) is 82.3 Å². The molecule has 42 heavy (non-hydrogen) atoms. The number of esters is 1. The summed E-state index contributed by atoms with van der Waals surface area (Å²) in [7, 11) is 3.21. The van der Waals surface area contributed by atoms with Crippen LogP contribution in [0.25, 0.3) is 16.8 Å². The van der Waals surface area contributed by atoms with Crippen LogP contribution in [0.1, 0.15) is 89.4 Å². The van der Waals surface area contributed by atoms with Crippen LogP contribution in [0, 0.1) is 5.82 Å². The van der Waals surface area contributed by atoms with Crippen LogP contribution in [0.3, 0.4) is 0 Å². The van der Waals surface area contributed by atoms with Gasteiger partial charge in [-0.3, -0.25) is 9.48 Å². The summed E-state index contributed by atoms with van der Waals surface area (Å²) >= 11 is 0. The lowest BCUT2D eigenvalue weighted by molar-refractivity contribution is 0.0589. The van der Waals surface area contributed by atoms with Crippen molar-refractivity contribution < 1.29 is 18.7 Å². The van der Waals surface area contributed by atoms with Crippen molar-refractivity contribution in [3.63, 3.8) is 0 Å². The molecule has 0 N–H and O–H groups in total. The second-order valence-electron chi connectivity index (χ2n) is 11.4. The van der Waals surface area contributed by atoms with Gasteiger partial charge in [0.05, 0.1) is 23.9 Å². The van der Waals surface area contributed by atoms with E-state index in [1.807, 2.05) is 53.2 Å². The second-order valence-corrected chi connectivity index (χ2v) is 11.4. The van der Waals surface area contributed by atoms with Gasteiger partial charge in [0, 0.05) is 60.8 Å². The van der Waals surface area contributed by atoms with E-state index in [-0.39, 0.29) is 29.3 Å². The molecule has 8 nitrogen and oxygen atoms in total. The first-order valence-corrected chi connectivity index (χ1v) is 14.8. The lowest BCUT2D eigenvalue weighted by Gasteiger charge is -2.36. The summed E-state index contributed by atoms with van der Waals surface area (Å²) in [5.41, 5.74) is 4.16. The molecule has 4 aromatic rings.